The molecule has 12 aromatic rings. The second kappa shape index (κ2) is 13.0. The van der Waals surface area contributed by atoms with Gasteiger partial charge in [0.1, 0.15) is 0 Å². The summed E-state index contributed by atoms with van der Waals surface area (Å²) < 4.78 is 10.7. The van der Waals surface area contributed by atoms with Crippen LogP contribution in [0.3, 0.4) is 0 Å². The van der Waals surface area contributed by atoms with Crippen LogP contribution in [0.4, 0.5) is 0 Å². The maximum absolute atomic E-state index is 13.8. The van der Waals surface area contributed by atoms with Gasteiger partial charge in [0.15, 0.2) is 0 Å². The molecule has 1 aliphatic carbocycles. The number of Topliss-reactive ketones (excluding diaryl/α,β-unsaturated/α-hetero) is 2. The van der Waals surface area contributed by atoms with Crippen molar-refractivity contribution in [3.63, 3.8) is 0 Å². The second-order valence-electron chi connectivity index (χ2n) is 17.2. The van der Waals surface area contributed by atoms with Crippen LogP contribution in [0.2, 0.25) is 0 Å². The largest absolute Gasteiger partial charge is 0.489 e. The van der Waals surface area contributed by atoms with E-state index in [-0.39, 0.29) is 23.1 Å². The Morgan fingerprint density at radius 3 is 1.00 bits per heavy atom. The van der Waals surface area contributed by atoms with Crippen LogP contribution in [-0.4, -0.2) is 25.8 Å². The molecule has 0 N–H and O–H groups in total. The molecule has 0 amide bonds. The number of hydrogen-bond donors (Lipinski definition) is 0. The number of carbonyl (C=O) groups is 2. The first-order valence-electron chi connectivity index (χ1n) is 21.3. The lowest BCUT2D eigenvalue weighted by molar-refractivity contribution is -0.119. The molecule has 0 aromatic heterocycles. The number of fused-ring (bicyclic) bond motifs is 12. The lowest BCUT2D eigenvalue weighted by Crippen LogP contribution is -2.24. The fraction of sp³-hybridized carbons (Fsp3) is 0.0508. The fourth-order valence-corrected chi connectivity index (χ4v) is 10.5. The lowest BCUT2D eigenvalue weighted by Gasteiger charge is -2.21. The van der Waals surface area contributed by atoms with Crippen LogP contribution in [0, 0.1) is 0 Å². The van der Waals surface area contributed by atoms with Gasteiger partial charge in [0.05, 0.1) is 14.2 Å². The minimum Gasteiger partial charge on any atom is -0.489 e. The summed E-state index contributed by atoms with van der Waals surface area (Å²) in [5.41, 5.74) is 1.38. The molecule has 0 aliphatic heterocycles. The van der Waals surface area contributed by atoms with Gasteiger partial charge in [-0.1, -0.05) is 54.6 Å². The normalized spacial score (nSPS) is 13.9. The van der Waals surface area contributed by atoms with E-state index < -0.39 is 0 Å². The van der Waals surface area contributed by atoms with Crippen molar-refractivity contribution >= 4 is 136 Å². The van der Waals surface area contributed by atoms with E-state index in [9.17, 15) is 9.59 Å². The Balaban J connectivity index is 0.943. The maximum atomic E-state index is 13.8. The van der Waals surface area contributed by atoms with Crippen LogP contribution in [0.1, 0.15) is 12.5 Å². The molecular formula is C59H36O4. The molecule has 0 heterocycles. The molecule has 0 saturated heterocycles. The molecule has 63 heavy (non-hydrogen) atoms. The average Bonchev–Trinajstić information content (AvgIpc) is 3.29. The van der Waals surface area contributed by atoms with E-state index in [1.807, 2.05) is 12.1 Å². The van der Waals surface area contributed by atoms with Crippen molar-refractivity contribution < 1.29 is 19.1 Å². The molecule has 0 bridgehead atoms. The third-order valence-electron chi connectivity index (χ3n) is 13.6. The Kier molecular flexibility index (Phi) is 7.34. The third kappa shape index (κ3) is 5.28. The number of ketones is 2. The Morgan fingerprint density at radius 1 is 0.302 bits per heavy atom. The van der Waals surface area contributed by atoms with Crippen LogP contribution in [0.25, 0.3) is 124 Å². The van der Waals surface area contributed by atoms with Gasteiger partial charge >= 0.3 is 0 Å². The van der Waals surface area contributed by atoms with Gasteiger partial charge in [-0.3, -0.25) is 9.59 Å². The van der Waals surface area contributed by atoms with Crippen molar-refractivity contribution in [2.24, 2.45) is 0 Å². The molecule has 13 rings (SSSR count). The fourth-order valence-electron chi connectivity index (χ4n) is 10.5. The SMILES string of the molecule is COC1=C(OC)C(=O)C(c2cccc3cc4cc5cc6cc7ccc8cc9cc%10cc%11cc%12cc%13ccccc%13cc%12cc%11cc%10cc9cc8c7cc6cc5cc4cc23)=C(C)C1=O. The highest BCUT2D eigenvalue weighted by molar-refractivity contribution is 6.39. The van der Waals surface area contributed by atoms with Gasteiger partial charge in [-0.2, -0.15) is 0 Å². The van der Waals surface area contributed by atoms with Gasteiger partial charge in [-0.15, -0.1) is 0 Å². The predicted octanol–water partition coefficient (Wildman–Crippen LogP) is 14.8. The maximum Gasteiger partial charge on any atom is 0.232 e. The van der Waals surface area contributed by atoms with Gasteiger partial charge in [0, 0.05) is 11.1 Å². The number of benzene rings is 12. The number of carbonyl (C=O) groups excluding carboxylic acids is 2. The van der Waals surface area contributed by atoms with Crippen LogP contribution >= 0.6 is 0 Å². The number of rotatable bonds is 3. The van der Waals surface area contributed by atoms with E-state index in [4.69, 9.17) is 9.47 Å². The van der Waals surface area contributed by atoms with Gasteiger partial charge in [-0.25, -0.2) is 0 Å². The minimum atomic E-state index is -0.360. The van der Waals surface area contributed by atoms with Crippen LogP contribution in [0.5, 0.6) is 0 Å². The highest BCUT2D eigenvalue weighted by Gasteiger charge is 2.36. The highest BCUT2D eigenvalue weighted by atomic mass is 16.5. The molecular weight excluding hydrogens is 773 g/mol. The van der Waals surface area contributed by atoms with E-state index in [2.05, 4.69) is 152 Å². The molecule has 4 nitrogen and oxygen atoms in total. The molecule has 0 unspecified atom stereocenters. The number of methoxy groups -OCH3 is 2. The van der Waals surface area contributed by atoms with Crippen molar-refractivity contribution in [3.8, 4) is 0 Å². The predicted molar refractivity (Wildman–Crippen MR) is 263 cm³/mol. The Labute approximate surface area is 360 Å². The topological polar surface area (TPSA) is 52.6 Å². The molecule has 1 aliphatic rings. The van der Waals surface area contributed by atoms with E-state index in [0.717, 1.165) is 32.3 Å². The molecule has 0 spiro atoms. The number of ether oxygens (including phenoxy) is 2. The molecule has 4 heteroatoms. The van der Waals surface area contributed by atoms with Gasteiger partial charge in [0.2, 0.25) is 23.1 Å². The van der Waals surface area contributed by atoms with Crippen LogP contribution < -0.4 is 0 Å². The lowest BCUT2D eigenvalue weighted by atomic mass is 9.85. The van der Waals surface area contributed by atoms with E-state index in [1.54, 1.807) is 6.92 Å². The Morgan fingerprint density at radius 2 is 0.603 bits per heavy atom. The van der Waals surface area contributed by atoms with Gasteiger partial charge < -0.3 is 9.47 Å². The summed E-state index contributed by atoms with van der Waals surface area (Å²) in [5.74, 6) is -0.842. The first kappa shape index (κ1) is 35.7. The van der Waals surface area contributed by atoms with E-state index >= 15 is 0 Å². The Hall–Kier alpha value is -8.08. The van der Waals surface area contributed by atoms with Crippen LogP contribution in [-0.2, 0) is 19.1 Å². The second-order valence-corrected chi connectivity index (χ2v) is 17.2. The van der Waals surface area contributed by atoms with Crippen molar-refractivity contribution in [1.29, 1.82) is 0 Å². The summed E-state index contributed by atoms with van der Waals surface area (Å²) in [6.45, 7) is 1.68. The minimum absolute atomic E-state index is 0.0622. The monoisotopic (exact) mass is 808 g/mol. The summed E-state index contributed by atoms with van der Waals surface area (Å²) >= 11 is 0. The van der Waals surface area contributed by atoms with E-state index in [1.165, 1.54) is 100 Å². The van der Waals surface area contributed by atoms with E-state index in [0.29, 0.717) is 16.7 Å². The van der Waals surface area contributed by atoms with Gasteiger partial charge in [0.25, 0.3) is 0 Å². The molecule has 0 saturated carbocycles. The standard InChI is InChI=1S/C59H36O4/c1-31-55(57(61)59(63-3)58(62-2)56(31)60)51-10-6-9-34-15-39-20-44-21-40-16-35-11-12-36-17-41-22-45-23-42-18-37-13-32-7-4-5-8-33(32)14-38(37)19-43(42)24-46(45)25-49(41)29-53(36)54(35)30-50(40)27-47(44)26-48(39)28-52(34)51/h4-30H,1-3H3. The molecule has 0 fully saturated rings. The third-order valence-corrected chi connectivity index (χ3v) is 13.6. The van der Waals surface area contributed by atoms with Crippen LogP contribution in [0.15, 0.2) is 181 Å². The quantitative estimate of drug-likeness (QED) is 0.101. The average molecular weight is 809 g/mol. The first-order valence-corrected chi connectivity index (χ1v) is 21.3. The van der Waals surface area contributed by atoms with Crippen molar-refractivity contribution in [2.75, 3.05) is 14.2 Å². The molecule has 0 atom stereocenters. The first-order chi connectivity index (χ1) is 30.8. The zero-order chi connectivity index (χ0) is 42.2. The molecule has 0 radical (unpaired) electrons. The summed E-state index contributed by atoms with van der Waals surface area (Å²) in [6.07, 6.45) is 0. The summed E-state index contributed by atoms with van der Waals surface area (Å²) in [5, 5.41) is 26.1. The number of allylic oxidation sites excluding steroid dienone is 2. The smallest absolute Gasteiger partial charge is 0.232 e. The summed E-state index contributed by atoms with van der Waals surface area (Å²) in [4.78, 5) is 27.2. The Bertz CT molecular complexity index is 4210. The zero-order valence-corrected chi connectivity index (χ0v) is 34.7. The van der Waals surface area contributed by atoms with Crippen molar-refractivity contribution in [1.82, 2.24) is 0 Å². The van der Waals surface area contributed by atoms with Crippen molar-refractivity contribution in [2.45, 2.75) is 6.92 Å². The van der Waals surface area contributed by atoms with Gasteiger partial charge in [-0.05, 0) is 240 Å². The number of hydrogen-bond acceptors (Lipinski definition) is 4. The molecule has 296 valence electrons. The molecule has 12 aromatic carbocycles. The summed E-state index contributed by atoms with van der Waals surface area (Å²) in [6, 6.07) is 60.4. The summed E-state index contributed by atoms with van der Waals surface area (Å²) in [7, 11) is 2.77. The zero-order valence-electron chi connectivity index (χ0n) is 34.7. The highest BCUT2D eigenvalue weighted by Crippen LogP contribution is 2.40. The van der Waals surface area contributed by atoms with Crippen molar-refractivity contribution in [3.05, 3.63) is 186 Å².